The molecule has 1 aromatic rings. The Morgan fingerprint density at radius 2 is 1.85 bits per heavy atom. The van der Waals surface area contributed by atoms with E-state index in [-0.39, 0.29) is 0 Å². The Kier molecular flexibility index (Phi) is 3.60. The van der Waals surface area contributed by atoms with Crippen LogP contribution in [0.15, 0.2) is 22.8 Å². The van der Waals surface area contributed by atoms with E-state index in [1.54, 1.807) is 6.26 Å². The van der Waals surface area contributed by atoms with Crippen molar-refractivity contribution in [3.63, 3.8) is 0 Å². The third kappa shape index (κ3) is 2.37. The van der Waals surface area contributed by atoms with Crippen LogP contribution in [0.3, 0.4) is 0 Å². The summed E-state index contributed by atoms with van der Waals surface area (Å²) < 4.78 is 11.2. The SMILES string of the molecule is CC[Si](CC)(CC)Oc1ccco1. The van der Waals surface area contributed by atoms with Gasteiger partial charge in [0, 0.05) is 6.07 Å². The highest BCUT2D eigenvalue weighted by atomic mass is 28.4. The molecule has 0 aliphatic carbocycles. The van der Waals surface area contributed by atoms with Crippen LogP contribution in [-0.2, 0) is 0 Å². The summed E-state index contributed by atoms with van der Waals surface area (Å²) in [4.78, 5) is 0. The Morgan fingerprint density at radius 3 is 2.23 bits per heavy atom. The van der Waals surface area contributed by atoms with E-state index in [2.05, 4.69) is 20.8 Å². The Balaban J connectivity index is 2.67. The van der Waals surface area contributed by atoms with E-state index in [9.17, 15) is 0 Å². The topological polar surface area (TPSA) is 22.4 Å². The zero-order valence-corrected chi connectivity index (χ0v) is 9.67. The Morgan fingerprint density at radius 1 is 1.23 bits per heavy atom. The van der Waals surface area contributed by atoms with Crippen LogP contribution >= 0.6 is 0 Å². The van der Waals surface area contributed by atoms with Crippen molar-refractivity contribution in [2.75, 3.05) is 0 Å². The first kappa shape index (κ1) is 10.4. The van der Waals surface area contributed by atoms with Crippen molar-refractivity contribution in [3.8, 4) is 5.95 Å². The van der Waals surface area contributed by atoms with Crippen LogP contribution in [0.25, 0.3) is 0 Å². The Hall–Kier alpha value is -0.703. The predicted molar refractivity (Wildman–Crippen MR) is 56.5 cm³/mol. The minimum absolute atomic E-state index is 0.692. The first-order valence-electron chi connectivity index (χ1n) is 4.99. The van der Waals surface area contributed by atoms with E-state index in [4.69, 9.17) is 8.84 Å². The smallest absolute Gasteiger partial charge is 0.270 e. The minimum Gasteiger partial charge on any atom is -0.519 e. The van der Waals surface area contributed by atoms with Crippen LogP contribution in [0, 0.1) is 0 Å². The van der Waals surface area contributed by atoms with Crippen LogP contribution < -0.4 is 4.43 Å². The van der Waals surface area contributed by atoms with Gasteiger partial charge in [-0.25, -0.2) is 0 Å². The van der Waals surface area contributed by atoms with Gasteiger partial charge in [-0.05, 0) is 24.2 Å². The average molecular weight is 198 g/mol. The van der Waals surface area contributed by atoms with E-state index in [0.717, 1.165) is 18.1 Å². The molecule has 0 aliphatic rings. The molecule has 0 bridgehead atoms. The normalized spacial score (nSPS) is 11.6. The summed E-state index contributed by atoms with van der Waals surface area (Å²) in [6, 6.07) is 7.22. The molecule has 0 aromatic carbocycles. The average Bonchev–Trinajstić information content (AvgIpc) is 2.67. The highest BCUT2D eigenvalue weighted by Gasteiger charge is 2.31. The zero-order valence-electron chi connectivity index (χ0n) is 8.67. The van der Waals surface area contributed by atoms with Gasteiger partial charge in [-0.2, -0.15) is 0 Å². The van der Waals surface area contributed by atoms with Crippen LogP contribution in [0.4, 0.5) is 0 Å². The maximum atomic E-state index is 5.96. The van der Waals surface area contributed by atoms with Gasteiger partial charge in [-0.15, -0.1) is 0 Å². The lowest BCUT2D eigenvalue weighted by atomic mass is 10.7. The molecule has 0 atom stereocenters. The molecular weight excluding hydrogens is 180 g/mol. The largest absolute Gasteiger partial charge is 0.519 e. The maximum absolute atomic E-state index is 5.96. The van der Waals surface area contributed by atoms with Crippen LogP contribution in [-0.4, -0.2) is 8.32 Å². The monoisotopic (exact) mass is 198 g/mol. The molecule has 0 spiro atoms. The fourth-order valence-electron chi connectivity index (χ4n) is 1.50. The van der Waals surface area contributed by atoms with Crippen molar-refractivity contribution in [2.45, 2.75) is 38.9 Å². The predicted octanol–water partition coefficient (Wildman–Crippen LogP) is 3.66. The second-order valence-corrected chi connectivity index (χ2v) is 7.97. The summed E-state index contributed by atoms with van der Waals surface area (Å²) in [6.45, 7) is 6.63. The van der Waals surface area contributed by atoms with Gasteiger partial charge < -0.3 is 8.84 Å². The van der Waals surface area contributed by atoms with E-state index in [0.29, 0.717) is 5.95 Å². The molecule has 2 nitrogen and oxygen atoms in total. The lowest BCUT2D eigenvalue weighted by molar-refractivity contribution is 0.377. The molecule has 0 N–H and O–H groups in total. The van der Waals surface area contributed by atoms with E-state index in [1.807, 2.05) is 12.1 Å². The number of hydrogen-bond acceptors (Lipinski definition) is 2. The van der Waals surface area contributed by atoms with Crippen molar-refractivity contribution < 1.29 is 8.84 Å². The molecule has 0 amide bonds. The van der Waals surface area contributed by atoms with Crippen molar-refractivity contribution in [3.05, 3.63) is 18.4 Å². The Bertz CT molecular complexity index is 219. The lowest BCUT2D eigenvalue weighted by Gasteiger charge is -2.26. The second-order valence-electron chi connectivity index (χ2n) is 3.28. The van der Waals surface area contributed by atoms with Gasteiger partial charge >= 0.3 is 0 Å². The zero-order chi connectivity index (χ0) is 9.73. The molecule has 0 saturated heterocycles. The molecule has 3 heteroatoms. The molecule has 74 valence electrons. The van der Waals surface area contributed by atoms with Crippen LogP contribution in [0.5, 0.6) is 5.95 Å². The van der Waals surface area contributed by atoms with Crippen molar-refractivity contribution >= 4 is 8.32 Å². The molecule has 1 aromatic heterocycles. The summed E-state index contributed by atoms with van der Waals surface area (Å²) in [5, 5.41) is 0. The van der Waals surface area contributed by atoms with Gasteiger partial charge in [0.15, 0.2) is 0 Å². The molecule has 0 fully saturated rings. The lowest BCUT2D eigenvalue weighted by Crippen LogP contribution is -2.39. The third-order valence-corrected chi connectivity index (χ3v) is 7.25. The summed E-state index contributed by atoms with van der Waals surface area (Å²) >= 11 is 0. The molecule has 0 radical (unpaired) electrons. The first-order valence-corrected chi connectivity index (χ1v) is 7.51. The Labute approximate surface area is 81.0 Å². The van der Waals surface area contributed by atoms with Gasteiger partial charge in [0.1, 0.15) is 0 Å². The minimum atomic E-state index is -1.52. The first-order chi connectivity index (χ1) is 6.26. The molecule has 0 saturated carbocycles. The second kappa shape index (κ2) is 4.51. The molecule has 0 aliphatic heterocycles. The summed E-state index contributed by atoms with van der Waals surface area (Å²) in [7, 11) is -1.52. The van der Waals surface area contributed by atoms with Crippen molar-refractivity contribution in [1.29, 1.82) is 0 Å². The number of hydrogen-bond donors (Lipinski definition) is 0. The highest BCUT2D eigenvalue weighted by Crippen LogP contribution is 2.25. The van der Waals surface area contributed by atoms with Gasteiger partial charge in [0.2, 0.25) is 0 Å². The standard InChI is InChI=1S/C10H18O2Si/c1-4-13(5-2,6-3)12-10-8-7-9-11-10/h7-9H,4-6H2,1-3H3. The number of rotatable bonds is 5. The van der Waals surface area contributed by atoms with Crippen molar-refractivity contribution in [1.82, 2.24) is 0 Å². The molecular formula is C10H18O2Si. The van der Waals surface area contributed by atoms with E-state index in [1.165, 1.54) is 0 Å². The number of furan rings is 1. The van der Waals surface area contributed by atoms with Gasteiger partial charge in [-0.3, -0.25) is 0 Å². The third-order valence-electron chi connectivity index (χ3n) is 2.75. The van der Waals surface area contributed by atoms with E-state index < -0.39 is 8.32 Å². The van der Waals surface area contributed by atoms with Gasteiger partial charge in [-0.1, -0.05) is 20.8 Å². The fourth-order valence-corrected chi connectivity index (χ4v) is 3.98. The summed E-state index contributed by atoms with van der Waals surface area (Å²) in [5.74, 6) is 0.692. The highest BCUT2D eigenvalue weighted by molar-refractivity contribution is 6.74. The van der Waals surface area contributed by atoms with Gasteiger partial charge in [0.05, 0.1) is 6.26 Å². The van der Waals surface area contributed by atoms with E-state index >= 15 is 0 Å². The van der Waals surface area contributed by atoms with Crippen LogP contribution in [0.1, 0.15) is 20.8 Å². The summed E-state index contributed by atoms with van der Waals surface area (Å²) in [6.07, 6.45) is 1.66. The molecule has 0 unspecified atom stereocenters. The quantitative estimate of drug-likeness (QED) is 0.674. The molecule has 1 heterocycles. The van der Waals surface area contributed by atoms with Gasteiger partial charge in [0.25, 0.3) is 14.3 Å². The maximum Gasteiger partial charge on any atom is 0.270 e. The van der Waals surface area contributed by atoms with Crippen molar-refractivity contribution in [2.24, 2.45) is 0 Å². The summed E-state index contributed by atoms with van der Waals surface area (Å²) in [5.41, 5.74) is 0. The fraction of sp³-hybridized carbons (Fsp3) is 0.600. The van der Waals surface area contributed by atoms with Crippen LogP contribution in [0.2, 0.25) is 18.1 Å². The molecule has 13 heavy (non-hydrogen) atoms. The molecule has 1 rings (SSSR count).